The minimum absolute atomic E-state index is 0.0176. The van der Waals surface area contributed by atoms with Crippen molar-refractivity contribution in [1.82, 2.24) is 0 Å². The Balaban J connectivity index is 2.47. The Hall–Kier alpha value is -2.30. The van der Waals surface area contributed by atoms with Crippen LogP contribution in [-0.2, 0) is 5.41 Å². The van der Waals surface area contributed by atoms with Crippen molar-refractivity contribution in [2.45, 2.75) is 26.2 Å². The van der Waals surface area contributed by atoms with Gasteiger partial charge in [0.15, 0.2) is 17.5 Å². The highest BCUT2D eigenvalue weighted by molar-refractivity contribution is 5.86. The second-order valence-corrected chi connectivity index (χ2v) is 5.94. The van der Waals surface area contributed by atoms with Crippen LogP contribution < -0.4 is 0 Å². The number of halogens is 3. The number of benzene rings is 2. The molecular weight excluding hydrogens is 291 g/mol. The zero-order valence-electron chi connectivity index (χ0n) is 12.5. The Kier molecular flexibility index (Phi) is 4.26. The molecule has 0 heterocycles. The monoisotopic (exact) mass is 307 g/mol. The maximum Gasteiger partial charge on any atom is 0.187 e. The Labute approximate surface area is 126 Å². The van der Waals surface area contributed by atoms with E-state index in [2.05, 4.69) is 4.99 Å². The lowest BCUT2D eigenvalue weighted by Gasteiger charge is -2.21. The van der Waals surface area contributed by atoms with E-state index in [9.17, 15) is 18.3 Å². The molecule has 0 saturated heterocycles. The average molecular weight is 307 g/mol. The Bertz CT molecular complexity index is 733. The van der Waals surface area contributed by atoms with Crippen LogP contribution in [0.5, 0.6) is 5.75 Å². The summed E-state index contributed by atoms with van der Waals surface area (Å²) in [5.74, 6) is -3.53. The fourth-order valence-electron chi connectivity index (χ4n) is 2.04. The molecule has 0 fully saturated rings. The highest BCUT2D eigenvalue weighted by Gasteiger charge is 2.19. The summed E-state index contributed by atoms with van der Waals surface area (Å²) in [6, 6.07) is 6.52. The molecule has 5 heteroatoms. The average Bonchev–Trinajstić information content (AvgIpc) is 2.43. The quantitative estimate of drug-likeness (QED) is 0.624. The van der Waals surface area contributed by atoms with E-state index in [1.807, 2.05) is 20.8 Å². The van der Waals surface area contributed by atoms with Crippen molar-refractivity contribution < 1.29 is 18.3 Å². The molecule has 2 aromatic carbocycles. The first-order valence-electron chi connectivity index (χ1n) is 6.72. The Morgan fingerprint density at radius 2 is 1.64 bits per heavy atom. The van der Waals surface area contributed by atoms with E-state index in [0.717, 1.165) is 12.3 Å². The molecule has 2 aromatic rings. The molecule has 0 unspecified atom stereocenters. The smallest absolute Gasteiger partial charge is 0.187 e. The summed E-state index contributed by atoms with van der Waals surface area (Å²) in [5.41, 5.74) is -0.0452. The largest absolute Gasteiger partial charge is 0.507 e. The van der Waals surface area contributed by atoms with Gasteiger partial charge in [0, 0.05) is 11.8 Å². The lowest BCUT2D eigenvalue weighted by molar-refractivity contribution is 0.446. The van der Waals surface area contributed by atoms with E-state index in [-0.39, 0.29) is 11.2 Å². The number of aromatic hydroxyl groups is 1. The summed E-state index contributed by atoms with van der Waals surface area (Å²) in [6.07, 6.45) is 1.12. The first-order valence-corrected chi connectivity index (χ1v) is 6.72. The fraction of sp³-hybridized carbons (Fsp3) is 0.235. The number of phenols is 1. The molecule has 0 spiro atoms. The molecule has 0 aliphatic carbocycles. The van der Waals surface area contributed by atoms with Gasteiger partial charge < -0.3 is 5.11 Å². The molecule has 0 atom stereocenters. The van der Waals surface area contributed by atoms with Gasteiger partial charge in [0.1, 0.15) is 11.4 Å². The highest BCUT2D eigenvalue weighted by Crippen LogP contribution is 2.33. The van der Waals surface area contributed by atoms with E-state index in [1.54, 1.807) is 18.2 Å². The Morgan fingerprint density at radius 3 is 2.27 bits per heavy atom. The van der Waals surface area contributed by atoms with E-state index < -0.39 is 23.1 Å². The van der Waals surface area contributed by atoms with Gasteiger partial charge in [0.25, 0.3) is 0 Å². The first kappa shape index (κ1) is 16.1. The highest BCUT2D eigenvalue weighted by atomic mass is 19.2. The first-order chi connectivity index (χ1) is 10.2. The number of phenolic OH excluding ortho intramolecular Hbond substituents is 1. The van der Waals surface area contributed by atoms with Crippen molar-refractivity contribution in [3.05, 3.63) is 58.9 Å². The predicted molar refractivity (Wildman–Crippen MR) is 80.4 cm³/mol. The van der Waals surface area contributed by atoms with Crippen molar-refractivity contribution in [3.63, 3.8) is 0 Å². The Morgan fingerprint density at radius 1 is 1.00 bits per heavy atom. The zero-order valence-corrected chi connectivity index (χ0v) is 12.5. The van der Waals surface area contributed by atoms with Gasteiger partial charge in [-0.25, -0.2) is 18.2 Å². The fourth-order valence-corrected chi connectivity index (χ4v) is 2.04. The molecule has 0 radical (unpaired) electrons. The summed E-state index contributed by atoms with van der Waals surface area (Å²) < 4.78 is 40.2. The molecule has 0 aliphatic rings. The van der Waals surface area contributed by atoms with Gasteiger partial charge in [-0.3, -0.25) is 0 Å². The second kappa shape index (κ2) is 5.83. The van der Waals surface area contributed by atoms with E-state index in [1.165, 1.54) is 0 Å². The van der Waals surface area contributed by atoms with Gasteiger partial charge in [-0.15, -0.1) is 0 Å². The third-order valence-electron chi connectivity index (χ3n) is 3.23. The maximum absolute atomic E-state index is 13.5. The maximum atomic E-state index is 13.5. The normalized spacial score (nSPS) is 12.1. The van der Waals surface area contributed by atoms with Crippen LogP contribution in [0.25, 0.3) is 0 Å². The standard InChI is InChI=1S/C17H16F3NO/c1-17(2,3)11-6-4-5-10(16(11)22)9-21-15-13(19)8-7-12(18)14(15)20/h4-9,22H,1-3H3. The lowest BCUT2D eigenvalue weighted by Crippen LogP contribution is -2.11. The van der Waals surface area contributed by atoms with E-state index >= 15 is 0 Å². The van der Waals surface area contributed by atoms with E-state index in [0.29, 0.717) is 17.2 Å². The topological polar surface area (TPSA) is 32.6 Å². The molecular formula is C17H16F3NO. The van der Waals surface area contributed by atoms with Gasteiger partial charge >= 0.3 is 0 Å². The van der Waals surface area contributed by atoms with Crippen LogP contribution in [0.4, 0.5) is 18.9 Å². The van der Waals surface area contributed by atoms with Crippen molar-refractivity contribution in [2.24, 2.45) is 4.99 Å². The summed E-state index contributed by atoms with van der Waals surface area (Å²) in [7, 11) is 0. The second-order valence-electron chi connectivity index (χ2n) is 5.94. The van der Waals surface area contributed by atoms with Crippen LogP contribution in [0.3, 0.4) is 0 Å². The predicted octanol–water partition coefficient (Wildman–Crippen LogP) is 4.86. The number of hydrogen-bond donors (Lipinski definition) is 1. The summed E-state index contributed by atoms with van der Waals surface area (Å²) in [6.45, 7) is 5.78. The summed E-state index contributed by atoms with van der Waals surface area (Å²) in [5, 5.41) is 10.2. The SMILES string of the molecule is CC(C)(C)c1cccc(C=Nc2c(F)ccc(F)c2F)c1O. The minimum Gasteiger partial charge on any atom is -0.507 e. The van der Waals surface area contributed by atoms with Crippen LogP contribution >= 0.6 is 0 Å². The molecule has 0 saturated carbocycles. The summed E-state index contributed by atoms with van der Waals surface area (Å²) in [4.78, 5) is 3.65. The van der Waals surface area contributed by atoms with Crippen LogP contribution in [0.15, 0.2) is 35.3 Å². The molecule has 0 bridgehead atoms. The lowest BCUT2D eigenvalue weighted by atomic mass is 9.85. The van der Waals surface area contributed by atoms with Crippen molar-refractivity contribution >= 4 is 11.9 Å². The van der Waals surface area contributed by atoms with E-state index in [4.69, 9.17) is 0 Å². The van der Waals surface area contributed by atoms with Crippen molar-refractivity contribution in [1.29, 1.82) is 0 Å². The number of rotatable bonds is 2. The van der Waals surface area contributed by atoms with Gasteiger partial charge in [-0.2, -0.15) is 0 Å². The number of hydrogen-bond acceptors (Lipinski definition) is 2. The van der Waals surface area contributed by atoms with Crippen molar-refractivity contribution in [3.8, 4) is 5.75 Å². The molecule has 0 aromatic heterocycles. The van der Waals surface area contributed by atoms with Gasteiger partial charge in [-0.1, -0.05) is 32.9 Å². The van der Waals surface area contributed by atoms with Crippen LogP contribution in [0.1, 0.15) is 31.9 Å². The molecule has 2 rings (SSSR count). The minimum atomic E-state index is -1.36. The molecule has 1 N–H and O–H groups in total. The molecule has 22 heavy (non-hydrogen) atoms. The van der Waals surface area contributed by atoms with Gasteiger partial charge in [0.05, 0.1) is 0 Å². The number of aliphatic imine (C=N–C) groups is 1. The zero-order chi connectivity index (χ0) is 16.5. The molecule has 0 amide bonds. The van der Waals surface area contributed by atoms with Crippen LogP contribution in [0.2, 0.25) is 0 Å². The molecule has 0 aliphatic heterocycles. The van der Waals surface area contributed by atoms with Gasteiger partial charge in [-0.05, 0) is 29.2 Å². The van der Waals surface area contributed by atoms with Gasteiger partial charge in [0.2, 0.25) is 0 Å². The van der Waals surface area contributed by atoms with Crippen LogP contribution in [0, 0.1) is 17.5 Å². The summed E-state index contributed by atoms with van der Waals surface area (Å²) >= 11 is 0. The number of para-hydroxylation sites is 1. The third kappa shape index (κ3) is 3.13. The van der Waals surface area contributed by atoms with Crippen LogP contribution in [-0.4, -0.2) is 11.3 Å². The third-order valence-corrected chi connectivity index (χ3v) is 3.23. The number of nitrogens with zero attached hydrogens (tertiary/aromatic N) is 1. The molecule has 116 valence electrons. The molecule has 2 nitrogen and oxygen atoms in total. The van der Waals surface area contributed by atoms with Crippen molar-refractivity contribution in [2.75, 3.05) is 0 Å².